The minimum atomic E-state index is -0.773. The summed E-state index contributed by atoms with van der Waals surface area (Å²) in [5, 5.41) is 4.71. The third-order valence-electron chi connectivity index (χ3n) is 3.65. The van der Waals surface area contributed by atoms with Gasteiger partial charge in [0.15, 0.2) is 6.10 Å². The highest BCUT2D eigenvalue weighted by atomic mass is 35.5. The number of oxime groups is 1. The largest absolute Gasteiger partial charge is 0.388 e. The molecule has 1 aromatic rings. The van der Waals surface area contributed by atoms with Crippen LogP contribution in [0.4, 0.5) is 0 Å². The monoisotopic (exact) mass is 279 g/mol. The van der Waals surface area contributed by atoms with Gasteiger partial charge in [-0.2, -0.15) is 0 Å². The van der Waals surface area contributed by atoms with Crippen LogP contribution in [0.15, 0.2) is 29.4 Å². The molecule has 1 aromatic carbocycles. The molecule has 2 saturated heterocycles. The van der Waals surface area contributed by atoms with Gasteiger partial charge >= 0.3 is 0 Å². The van der Waals surface area contributed by atoms with E-state index in [9.17, 15) is 4.79 Å². The zero-order valence-corrected chi connectivity index (χ0v) is 10.5. The molecule has 5 nitrogen and oxygen atoms in total. The number of ether oxygens (including phenoxy) is 2. The first-order valence-electron chi connectivity index (χ1n) is 6.04. The van der Waals surface area contributed by atoms with Crippen molar-refractivity contribution in [3.05, 3.63) is 34.9 Å². The SMILES string of the molecule is O=C1C2OCC(O2)C2ON=C(c3ccc(Cl)cc3)C12. The van der Waals surface area contributed by atoms with Crippen LogP contribution in [-0.4, -0.2) is 36.6 Å². The molecule has 0 radical (unpaired) electrons. The van der Waals surface area contributed by atoms with Gasteiger partial charge in [0.1, 0.15) is 17.7 Å². The highest BCUT2D eigenvalue weighted by Gasteiger charge is 2.56. The van der Waals surface area contributed by atoms with Crippen LogP contribution < -0.4 is 0 Å². The van der Waals surface area contributed by atoms with Crippen molar-refractivity contribution in [3.8, 4) is 0 Å². The van der Waals surface area contributed by atoms with Gasteiger partial charge in [-0.25, -0.2) is 0 Å². The first-order valence-corrected chi connectivity index (χ1v) is 6.42. The number of rotatable bonds is 1. The summed E-state index contributed by atoms with van der Waals surface area (Å²) >= 11 is 5.86. The molecule has 0 N–H and O–H groups in total. The summed E-state index contributed by atoms with van der Waals surface area (Å²) in [4.78, 5) is 17.7. The quantitative estimate of drug-likeness (QED) is 0.779. The number of carbonyl (C=O) groups excluding carboxylic acids is 1. The van der Waals surface area contributed by atoms with E-state index in [0.29, 0.717) is 17.3 Å². The Hall–Kier alpha value is -1.43. The fourth-order valence-corrected chi connectivity index (χ4v) is 2.84. The number of halogens is 1. The molecule has 0 saturated carbocycles. The number of Topliss-reactive ketones (excluding diaryl/α,β-unsaturated/α-hetero) is 1. The Morgan fingerprint density at radius 1 is 1.26 bits per heavy atom. The van der Waals surface area contributed by atoms with Crippen LogP contribution in [0.5, 0.6) is 0 Å². The van der Waals surface area contributed by atoms with Crippen molar-refractivity contribution in [1.29, 1.82) is 0 Å². The maximum Gasteiger partial charge on any atom is 0.219 e. The van der Waals surface area contributed by atoms with Crippen molar-refractivity contribution >= 4 is 23.1 Å². The normalized spacial score (nSPS) is 35.8. The Morgan fingerprint density at radius 2 is 2.05 bits per heavy atom. The van der Waals surface area contributed by atoms with Gasteiger partial charge in [0.05, 0.1) is 6.61 Å². The summed E-state index contributed by atoms with van der Waals surface area (Å²) in [5.74, 6) is -0.530. The van der Waals surface area contributed by atoms with Crippen LogP contribution in [0.1, 0.15) is 5.56 Å². The molecule has 98 valence electrons. The van der Waals surface area contributed by atoms with E-state index in [1.54, 1.807) is 12.1 Å². The zero-order chi connectivity index (χ0) is 13.0. The zero-order valence-electron chi connectivity index (χ0n) is 9.78. The summed E-state index contributed by atoms with van der Waals surface area (Å²) < 4.78 is 10.7. The molecule has 0 spiro atoms. The molecule has 2 bridgehead atoms. The number of hydrogen-bond acceptors (Lipinski definition) is 5. The van der Waals surface area contributed by atoms with E-state index in [1.165, 1.54) is 0 Å². The minimum absolute atomic E-state index is 0.120. The van der Waals surface area contributed by atoms with E-state index in [1.807, 2.05) is 12.1 Å². The number of nitrogens with zero attached hydrogens (tertiary/aromatic N) is 1. The summed E-state index contributed by atoms with van der Waals surface area (Å²) in [7, 11) is 0. The lowest BCUT2D eigenvalue weighted by molar-refractivity contribution is -0.169. The van der Waals surface area contributed by atoms with Gasteiger partial charge in [-0.05, 0) is 12.1 Å². The van der Waals surface area contributed by atoms with Crippen molar-refractivity contribution in [3.63, 3.8) is 0 Å². The van der Waals surface area contributed by atoms with Gasteiger partial charge in [0.25, 0.3) is 0 Å². The standard InChI is InChI=1S/C13H10ClNO4/c14-7-3-1-6(2-4-7)10-9-11(16)13-17-5-8(18-13)12(9)19-15-10/h1-4,8-9,12-13H,5H2. The van der Waals surface area contributed by atoms with Crippen molar-refractivity contribution in [2.45, 2.75) is 18.5 Å². The van der Waals surface area contributed by atoms with Gasteiger partial charge in [-0.1, -0.05) is 28.9 Å². The smallest absolute Gasteiger partial charge is 0.219 e. The van der Waals surface area contributed by atoms with Crippen LogP contribution in [0, 0.1) is 5.92 Å². The fraction of sp³-hybridized carbons (Fsp3) is 0.385. The Kier molecular flexibility index (Phi) is 2.42. The number of benzene rings is 1. The summed E-state index contributed by atoms with van der Waals surface area (Å²) in [6.07, 6.45) is -1.37. The van der Waals surface area contributed by atoms with E-state index < -0.39 is 12.2 Å². The molecule has 4 atom stereocenters. The number of hydrogen-bond donors (Lipinski definition) is 0. The van der Waals surface area contributed by atoms with Crippen molar-refractivity contribution < 1.29 is 19.1 Å². The van der Waals surface area contributed by atoms with E-state index in [4.69, 9.17) is 25.9 Å². The average Bonchev–Trinajstić information content (AvgIpc) is 3.03. The first-order chi connectivity index (χ1) is 9.24. The molecular weight excluding hydrogens is 270 g/mol. The molecule has 2 fully saturated rings. The second kappa shape index (κ2) is 4.03. The van der Waals surface area contributed by atoms with Crippen LogP contribution >= 0.6 is 11.6 Å². The van der Waals surface area contributed by atoms with E-state index in [0.717, 1.165) is 5.56 Å². The second-order valence-corrected chi connectivity index (χ2v) is 5.21. The van der Waals surface area contributed by atoms with Gasteiger partial charge in [0.2, 0.25) is 12.1 Å². The summed E-state index contributed by atoms with van der Waals surface area (Å²) in [5.41, 5.74) is 1.47. The number of ketones is 1. The Bertz CT molecular complexity index is 571. The second-order valence-electron chi connectivity index (χ2n) is 4.77. The van der Waals surface area contributed by atoms with E-state index in [2.05, 4.69) is 5.16 Å². The third kappa shape index (κ3) is 1.62. The average molecular weight is 280 g/mol. The molecule has 6 heteroatoms. The Labute approximate surface area is 114 Å². The number of fused-ring (bicyclic) bond motifs is 4. The molecule has 3 aliphatic heterocycles. The molecule has 3 aliphatic rings. The maximum atomic E-state index is 12.3. The van der Waals surface area contributed by atoms with Crippen molar-refractivity contribution in [2.75, 3.05) is 6.61 Å². The van der Waals surface area contributed by atoms with Crippen LogP contribution in [0.25, 0.3) is 0 Å². The molecule has 0 amide bonds. The van der Waals surface area contributed by atoms with E-state index in [-0.39, 0.29) is 18.0 Å². The van der Waals surface area contributed by atoms with Gasteiger partial charge in [0, 0.05) is 10.6 Å². The summed E-state index contributed by atoms with van der Waals surface area (Å²) in [6, 6.07) is 7.19. The fourth-order valence-electron chi connectivity index (χ4n) is 2.71. The topological polar surface area (TPSA) is 57.1 Å². The lowest BCUT2D eigenvalue weighted by Crippen LogP contribution is -2.48. The molecule has 0 aromatic heterocycles. The third-order valence-corrected chi connectivity index (χ3v) is 3.90. The highest BCUT2D eigenvalue weighted by Crippen LogP contribution is 2.37. The molecular formula is C13H10ClNO4. The molecule has 0 aliphatic carbocycles. The Morgan fingerprint density at radius 3 is 2.84 bits per heavy atom. The predicted octanol–water partition coefficient (Wildman–Crippen LogP) is 1.38. The first kappa shape index (κ1) is 11.4. The van der Waals surface area contributed by atoms with Crippen LogP contribution in [0.3, 0.4) is 0 Å². The van der Waals surface area contributed by atoms with Gasteiger partial charge < -0.3 is 14.3 Å². The van der Waals surface area contributed by atoms with Crippen LogP contribution in [-0.2, 0) is 19.1 Å². The van der Waals surface area contributed by atoms with Gasteiger partial charge in [-0.15, -0.1) is 0 Å². The lowest BCUT2D eigenvalue weighted by atomic mass is 9.85. The Balaban J connectivity index is 1.71. The van der Waals surface area contributed by atoms with E-state index >= 15 is 0 Å². The van der Waals surface area contributed by atoms with Crippen LogP contribution in [0.2, 0.25) is 5.02 Å². The van der Waals surface area contributed by atoms with Crippen molar-refractivity contribution in [2.24, 2.45) is 11.1 Å². The lowest BCUT2D eigenvalue weighted by Gasteiger charge is -2.27. The molecule has 19 heavy (non-hydrogen) atoms. The molecule has 3 heterocycles. The highest BCUT2D eigenvalue weighted by molar-refractivity contribution is 6.30. The maximum absolute atomic E-state index is 12.3. The van der Waals surface area contributed by atoms with Crippen molar-refractivity contribution in [1.82, 2.24) is 0 Å². The minimum Gasteiger partial charge on any atom is -0.388 e. The van der Waals surface area contributed by atoms with Gasteiger partial charge in [-0.3, -0.25) is 4.79 Å². The molecule has 4 unspecified atom stereocenters. The predicted molar refractivity (Wildman–Crippen MR) is 66.0 cm³/mol. The molecule has 4 rings (SSSR count). The number of carbonyl (C=O) groups is 1. The summed E-state index contributed by atoms with van der Waals surface area (Å²) in [6.45, 7) is 0.376.